The van der Waals surface area contributed by atoms with Gasteiger partial charge in [0.05, 0.1) is 22.3 Å². The Bertz CT molecular complexity index is 1160. The van der Waals surface area contributed by atoms with Crippen molar-refractivity contribution in [3.63, 3.8) is 0 Å². The van der Waals surface area contributed by atoms with Gasteiger partial charge in [-0.25, -0.2) is 8.42 Å². The fourth-order valence-corrected chi connectivity index (χ4v) is 5.63. The average molecular weight is 479 g/mol. The van der Waals surface area contributed by atoms with E-state index in [4.69, 9.17) is 4.74 Å². The van der Waals surface area contributed by atoms with Crippen LogP contribution in [-0.2, 0) is 27.4 Å². The topological polar surface area (TPSA) is 108 Å². The SMILES string of the molecule is C[C@@H](Cc1ccccc1)OCCCS(=O)(=O)CCNCCc1ccc(O)c2[nH]c(=O)sc12. The largest absolute Gasteiger partial charge is 0.506 e. The number of sulfone groups is 1. The second kappa shape index (κ2) is 11.6. The smallest absolute Gasteiger partial charge is 0.305 e. The van der Waals surface area contributed by atoms with Crippen LogP contribution in [0.1, 0.15) is 24.5 Å². The summed E-state index contributed by atoms with van der Waals surface area (Å²) in [7, 11) is -3.14. The lowest BCUT2D eigenvalue weighted by Gasteiger charge is -2.13. The van der Waals surface area contributed by atoms with Crippen LogP contribution in [0.2, 0.25) is 0 Å². The van der Waals surface area contributed by atoms with Crippen molar-refractivity contribution in [3.8, 4) is 5.75 Å². The normalized spacial score (nSPS) is 12.9. The molecule has 32 heavy (non-hydrogen) atoms. The van der Waals surface area contributed by atoms with Crippen molar-refractivity contribution in [2.45, 2.75) is 32.3 Å². The van der Waals surface area contributed by atoms with E-state index >= 15 is 0 Å². The van der Waals surface area contributed by atoms with Crippen LogP contribution in [0.5, 0.6) is 5.75 Å². The minimum Gasteiger partial charge on any atom is -0.506 e. The number of benzene rings is 2. The summed E-state index contributed by atoms with van der Waals surface area (Å²) in [5.41, 5.74) is 2.61. The first-order chi connectivity index (χ1) is 15.3. The van der Waals surface area contributed by atoms with Gasteiger partial charge in [0.1, 0.15) is 11.3 Å². The molecule has 1 aromatic heterocycles. The molecule has 7 nitrogen and oxygen atoms in total. The Balaban J connectivity index is 1.32. The van der Waals surface area contributed by atoms with E-state index in [1.807, 2.05) is 25.1 Å². The van der Waals surface area contributed by atoms with E-state index < -0.39 is 9.84 Å². The van der Waals surface area contributed by atoms with Crippen molar-refractivity contribution >= 4 is 31.4 Å². The van der Waals surface area contributed by atoms with Gasteiger partial charge in [0.15, 0.2) is 9.84 Å². The summed E-state index contributed by atoms with van der Waals surface area (Å²) in [4.78, 5) is 14.0. The monoisotopic (exact) mass is 478 g/mol. The Morgan fingerprint density at radius 2 is 1.91 bits per heavy atom. The number of hydrogen-bond donors (Lipinski definition) is 3. The highest BCUT2D eigenvalue weighted by atomic mass is 32.2. The lowest BCUT2D eigenvalue weighted by molar-refractivity contribution is 0.0672. The molecule has 0 spiro atoms. The first kappa shape index (κ1) is 24.4. The summed E-state index contributed by atoms with van der Waals surface area (Å²) in [5, 5.41) is 13.0. The third kappa shape index (κ3) is 7.44. The number of phenolic OH excluding ortho intramolecular Hbond substituents is 1. The molecule has 1 heterocycles. The van der Waals surface area contributed by atoms with Gasteiger partial charge < -0.3 is 20.1 Å². The Labute approximate surface area is 192 Å². The van der Waals surface area contributed by atoms with Crippen LogP contribution in [0.4, 0.5) is 0 Å². The molecule has 0 amide bonds. The fourth-order valence-electron chi connectivity index (χ4n) is 3.52. The molecule has 0 aliphatic carbocycles. The maximum atomic E-state index is 12.3. The zero-order valence-corrected chi connectivity index (χ0v) is 19.8. The van der Waals surface area contributed by atoms with Crippen molar-refractivity contribution in [1.82, 2.24) is 10.3 Å². The number of thiazole rings is 1. The molecule has 0 unspecified atom stereocenters. The average Bonchev–Trinajstić information content (AvgIpc) is 3.16. The Morgan fingerprint density at radius 3 is 2.69 bits per heavy atom. The Morgan fingerprint density at radius 1 is 1.12 bits per heavy atom. The molecule has 0 saturated heterocycles. The molecular weight excluding hydrogens is 448 g/mol. The van der Waals surface area contributed by atoms with E-state index in [9.17, 15) is 18.3 Å². The van der Waals surface area contributed by atoms with Crippen LogP contribution < -0.4 is 10.2 Å². The number of aromatic hydroxyl groups is 1. The van der Waals surface area contributed by atoms with E-state index in [0.29, 0.717) is 38.1 Å². The number of aromatic nitrogens is 1. The summed E-state index contributed by atoms with van der Waals surface area (Å²) < 4.78 is 31.0. The molecule has 0 saturated carbocycles. The van der Waals surface area contributed by atoms with Crippen LogP contribution in [0.15, 0.2) is 47.3 Å². The summed E-state index contributed by atoms with van der Waals surface area (Å²) >= 11 is 1.07. The Kier molecular flexibility index (Phi) is 8.86. The van der Waals surface area contributed by atoms with Crippen LogP contribution in [0.3, 0.4) is 0 Å². The maximum Gasteiger partial charge on any atom is 0.305 e. The number of rotatable bonds is 13. The van der Waals surface area contributed by atoms with Gasteiger partial charge in [0.2, 0.25) is 0 Å². The Hall–Kier alpha value is -2.20. The highest BCUT2D eigenvalue weighted by Gasteiger charge is 2.12. The number of aromatic amines is 1. The zero-order valence-electron chi connectivity index (χ0n) is 18.2. The summed E-state index contributed by atoms with van der Waals surface area (Å²) in [6.07, 6.45) is 1.98. The zero-order chi connectivity index (χ0) is 23.0. The van der Waals surface area contributed by atoms with Crippen LogP contribution in [0.25, 0.3) is 10.2 Å². The second-order valence-corrected chi connectivity index (χ2v) is 11.1. The van der Waals surface area contributed by atoms with Gasteiger partial charge in [-0.2, -0.15) is 0 Å². The van der Waals surface area contributed by atoms with Crippen LogP contribution in [0, 0.1) is 0 Å². The van der Waals surface area contributed by atoms with Crippen molar-refractivity contribution in [1.29, 1.82) is 0 Å². The van der Waals surface area contributed by atoms with E-state index in [0.717, 1.165) is 28.0 Å². The van der Waals surface area contributed by atoms with Gasteiger partial charge in [-0.15, -0.1) is 0 Å². The lowest BCUT2D eigenvalue weighted by atomic mass is 10.1. The van der Waals surface area contributed by atoms with Gasteiger partial charge in [-0.1, -0.05) is 47.7 Å². The highest BCUT2D eigenvalue weighted by Crippen LogP contribution is 2.27. The van der Waals surface area contributed by atoms with Crippen molar-refractivity contribution in [2.24, 2.45) is 0 Å². The number of nitrogens with one attached hydrogen (secondary N) is 2. The number of ether oxygens (including phenoxy) is 1. The van der Waals surface area contributed by atoms with E-state index in [-0.39, 0.29) is 28.2 Å². The van der Waals surface area contributed by atoms with Crippen molar-refractivity contribution < 1.29 is 18.3 Å². The molecule has 3 aromatic rings. The predicted octanol–water partition coefficient (Wildman–Crippen LogP) is 2.88. The van der Waals surface area contributed by atoms with E-state index in [1.54, 1.807) is 12.1 Å². The highest BCUT2D eigenvalue weighted by molar-refractivity contribution is 7.91. The summed E-state index contributed by atoms with van der Waals surface area (Å²) in [6, 6.07) is 13.4. The predicted molar refractivity (Wildman–Crippen MR) is 130 cm³/mol. The molecule has 0 bridgehead atoms. The fraction of sp³-hybridized carbons (Fsp3) is 0.435. The lowest BCUT2D eigenvalue weighted by Crippen LogP contribution is -2.26. The molecule has 1 atom stereocenters. The van der Waals surface area contributed by atoms with E-state index in [1.165, 1.54) is 5.56 Å². The first-order valence-corrected chi connectivity index (χ1v) is 13.4. The molecule has 0 aliphatic rings. The number of phenols is 1. The third-order valence-electron chi connectivity index (χ3n) is 5.17. The number of fused-ring (bicyclic) bond motifs is 1. The number of H-pyrrole nitrogens is 1. The van der Waals surface area contributed by atoms with Crippen LogP contribution in [-0.4, -0.2) is 55.8 Å². The van der Waals surface area contributed by atoms with Crippen molar-refractivity contribution in [2.75, 3.05) is 31.2 Å². The summed E-state index contributed by atoms with van der Waals surface area (Å²) in [5.74, 6) is 0.247. The quantitative estimate of drug-likeness (QED) is 0.326. The molecule has 3 rings (SSSR count). The van der Waals surface area contributed by atoms with Gasteiger partial charge in [-0.3, -0.25) is 4.79 Å². The maximum absolute atomic E-state index is 12.3. The molecule has 0 aliphatic heterocycles. The van der Waals surface area contributed by atoms with Crippen LogP contribution >= 0.6 is 11.3 Å². The minimum absolute atomic E-state index is 0.0479. The molecule has 0 radical (unpaired) electrons. The molecular formula is C23H30N2O5S2. The molecule has 3 N–H and O–H groups in total. The van der Waals surface area contributed by atoms with Gasteiger partial charge in [-0.05, 0) is 49.9 Å². The second-order valence-electron chi connectivity index (χ2n) is 7.84. The standard InChI is InChI=1S/C23H30N2O5S2/c1-17(16-18-6-3-2-4-7-18)30-13-5-14-32(28,29)15-12-24-11-10-19-8-9-20(26)21-22(19)31-23(27)25-21/h2-4,6-9,17,24,26H,5,10-16H2,1H3,(H,25,27)/t17-/m0/s1. The van der Waals surface area contributed by atoms with Crippen molar-refractivity contribution in [3.05, 3.63) is 63.3 Å². The van der Waals surface area contributed by atoms with Gasteiger partial charge >= 0.3 is 4.87 Å². The molecule has 9 heteroatoms. The minimum atomic E-state index is -3.14. The summed E-state index contributed by atoms with van der Waals surface area (Å²) in [6.45, 7) is 3.39. The molecule has 0 fully saturated rings. The molecule has 174 valence electrons. The van der Waals surface area contributed by atoms with Gasteiger partial charge in [0, 0.05) is 13.2 Å². The molecule has 2 aromatic carbocycles. The van der Waals surface area contributed by atoms with E-state index in [2.05, 4.69) is 22.4 Å². The number of hydrogen-bond acceptors (Lipinski definition) is 7. The van der Waals surface area contributed by atoms with Gasteiger partial charge in [0.25, 0.3) is 0 Å². The first-order valence-electron chi connectivity index (χ1n) is 10.7. The third-order valence-corrected chi connectivity index (χ3v) is 7.86.